The number of aromatic nitrogens is 3. The summed E-state index contributed by atoms with van der Waals surface area (Å²) in [6.45, 7) is 3.72. The van der Waals surface area contributed by atoms with E-state index in [0.717, 1.165) is 17.1 Å². The van der Waals surface area contributed by atoms with E-state index < -0.39 is 10.0 Å². The zero-order valence-electron chi connectivity index (χ0n) is 14.0. The Bertz CT molecular complexity index is 1010. The number of nitrogens with zero attached hydrogens (tertiary/aromatic N) is 4. The first-order valence-corrected chi connectivity index (χ1v) is 8.89. The molecule has 0 saturated carbocycles. The second-order valence-corrected chi connectivity index (χ2v) is 7.55. The number of fused-ring (bicyclic) bond motifs is 1. The van der Waals surface area contributed by atoms with Gasteiger partial charge in [0, 0.05) is 26.2 Å². The third kappa shape index (κ3) is 3.05. The molecule has 1 aromatic carbocycles. The second kappa shape index (κ2) is 5.79. The standard InChI is InChI=1S/C16H19N5O2S/c1-11-6-5-7-13(8-11)24(22,23)19-14-10-16(20(3)4)21-15(17-14)9-12(2)18-21/h5-10H,1-4H3,(H,17,19). The summed E-state index contributed by atoms with van der Waals surface area (Å²) in [5.74, 6) is 0.989. The van der Waals surface area contributed by atoms with Gasteiger partial charge in [0.15, 0.2) is 5.65 Å². The summed E-state index contributed by atoms with van der Waals surface area (Å²) in [5, 5.41) is 4.38. The maximum Gasteiger partial charge on any atom is 0.263 e. The lowest BCUT2D eigenvalue weighted by atomic mass is 10.2. The van der Waals surface area contributed by atoms with Crippen molar-refractivity contribution in [3.05, 3.63) is 47.7 Å². The van der Waals surface area contributed by atoms with Crippen LogP contribution < -0.4 is 9.62 Å². The molecule has 0 unspecified atom stereocenters. The number of hydrogen-bond acceptors (Lipinski definition) is 5. The van der Waals surface area contributed by atoms with Crippen LogP contribution in [0.4, 0.5) is 11.6 Å². The summed E-state index contributed by atoms with van der Waals surface area (Å²) in [6.07, 6.45) is 0. The first-order valence-electron chi connectivity index (χ1n) is 7.40. The smallest absolute Gasteiger partial charge is 0.263 e. The van der Waals surface area contributed by atoms with Crippen LogP contribution in [0.1, 0.15) is 11.3 Å². The fourth-order valence-electron chi connectivity index (χ4n) is 2.42. The molecule has 0 aliphatic carbocycles. The van der Waals surface area contributed by atoms with Crippen molar-refractivity contribution in [2.45, 2.75) is 18.7 Å². The van der Waals surface area contributed by atoms with Gasteiger partial charge in [-0.2, -0.15) is 9.61 Å². The van der Waals surface area contributed by atoms with Gasteiger partial charge in [0.2, 0.25) is 0 Å². The molecular formula is C16H19N5O2S. The molecule has 1 N–H and O–H groups in total. The molecule has 0 radical (unpaired) electrons. The van der Waals surface area contributed by atoms with Gasteiger partial charge < -0.3 is 4.90 Å². The van der Waals surface area contributed by atoms with Gasteiger partial charge in [-0.3, -0.25) is 4.72 Å². The van der Waals surface area contributed by atoms with E-state index in [1.165, 1.54) is 0 Å². The Morgan fingerprint density at radius 2 is 1.88 bits per heavy atom. The average molecular weight is 345 g/mol. The molecule has 0 aliphatic heterocycles. The molecule has 0 saturated heterocycles. The lowest BCUT2D eigenvalue weighted by molar-refractivity contribution is 0.601. The summed E-state index contributed by atoms with van der Waals surface area (Å²) in [7, 11) is 0.0306. The van der Waals surface area contributed by atoms with Crippen molar-refractivity contribution in [2.24, 2.45) is 0 Å². The molecular weight excluding hydrogens is 326 g/mol. The molecule has 3 rings (SSSR count). The number of anilines is 2. The molecule has 0 fully saturated rings. The van der Waals surface area contributed by atoms with Crippen molar-refractivity contribution in [1.29, 1.82) is 0 Å². The van der Waals surface area contributed by atoms with Crippen molar-refractivity contribution in [2.75, 3.05) is 23.7 Å². The van der Waals surface area contributed by atoms with Gasteiger partial charge in [0.25, 0.3) is 10.0 Å². The molecule has 8 heteroatoms. The topological polar surface area (TPSA) is 79.6 Å². The second-order valence-electron chi connectivity index (χ2n) is 5.87. The first-order chi connectivity index (χ1) is 11.3. The molecule has 0 spiro atoms. The number of rotatable bonds is 4. The fraction of sp³-hybridized carbons (Fsp3) is 0.250. The van der Waals surface area contributed by atoms with Gasteiger partial charge in [-0.05, 0) is 31.5 Å². The SMILES string of the molecule is Cc1cccc(S(=O)(=O)Nc2cc(N(C)C)n3nc(C)cc3n2)c1. The Kier molecular flexibility index (Phi) is 3.92. The molecule has 7 nitrogen and oxygen atoms in total. The minimum atomic E-state index is -3.70. The van der Waals surface area contributed by atoms with Crippen LogP contribution in [0.15, 0.2) is 41.3 Å². The largest absolute Gasteiger partial charge is 0.363 e. The van der Waals surface area contributed by atoms with E-state index in [1.807, 2.05) is 38.9 Å². The summed E-state index contributed by atoms with van der Waals surface area (Å²) in [5.41, 5.74) is 2.27. The Labute approximate surface area is 141 Å². The highest BCUT2D eigenvalue weighted by molar-refractivity contribution is 7.92. The lowest BCUT2D eigenvalue weighted by Gasteiger charge is -2.16. The van der Waals surface area contributed by atoms with E-state index in [0.29, 0.717) is 5.65 Å². The zero-order valence-corrected chi connectivity index (χ0v) is 14.8. The van der Waals surface area contributed by atoms with Gasteiger partial charge in [0.1, 0.15) is 11.6 Å². The molecule has 0 bridgehead atoms. The van der Waals surface area contributed by atoms with Gasteiger partial charge in [-0.1, -0.05) is 12.1 Å². The fourth-order valence-corrected chi connectivity index (χ4v) is 3.52. The van der Waals surface area contributed by atoms with Crippen LogP contribution in [0.2, 0.25) is 0 Å². The third-order valence-electron chi connectivity index (χ3n) is 3.53. The highest BCUT2D eigenvalue weighted by Gasteiger charge is 2.17. The van der Waals surface area contributed by atoms with Crippen LogP contribution >= 0.6 is 0 Å². The average Bonchev–Trinajstić information content (AvgIpc) is 2.85. The van der Waals surface area contributed by atoms with E-state index in [4.69, 9.17) is 0 Å². The van der Waals surface area contributed by atoms with Crippen molar-refractivity contribution in [3.63, 3.8) is 0 Å². The Morgan fingerprint density at radius 1 is 1.12 bits per heavy atom. The molecule has 0 atom stereocenters. The molecule has 3 aromatic rings. The summed E-state index contributed by atoms with van der Waals surface area (Å²) >= 11 is 0. The minimum absolute atomic E-state index is 0.209. The third-order valence-corrected chi connectivity index (χ3v) is 4.88. The lowest BCUT2D eigenvalue weighted by Crippen LogP contribution is -2.18. The van der Waals surface area contributed by atoms with E-state index in [9.17, 15) is 8.42 Å². The molecule has 24 heavy (non-hydrogen) atoms. The maximum atomic E-state index is 12.6. The number of aryl methyl sites for hydroxylation is 2. The summed E-state index contributed by atoms with van der Waals surface area (Å²) < 4.78 is 29.4. The first kappa shape index (κ1) is 16.3. The number of nitrogens with one attached hydrogen (secondary N) is 1. The van der Waals surface area contributed by atoms with Crippen LogP contribution in [0, 0.1) is 13.8 Å². The molecule has 0 aliphatic rings. The minimum Gasteiger partial charge on any atom is -0.363 e. The highest BCUT2D eigenvalue weighted by atomic mass is 32.2. The Morgan fingerprint density at radius 3 is 2.54 bits per heavy atom. The van der Waals surface area contributed by atoms with Crippen LogP contribution in [0.25, 0.3) is 5.65 Å². The monoisotopic (exact) mass is 345 g/mol. The van der Waals surface area contributed by atoms with E-state index in [-0.39, 0.29) is 10.7 Å². The molecule has 2 aromatic heterocycles. The van der Waals surface area contributed by atoms with Crippen LogP contribution in [0.3, 0.4) is 0 Å². The van der Waals surface area contributed by atoms with Crippen LogP contribution in [0.5, 0.6) is 0 Å². The van der Waals surface area contributed by atoms with Gasteiger partial charge in [-0.15, -0.1) is 0 Å². The predicted octanol–water partition coefficient (Wildman–Crippen LogP) is 2.21. The quantitative estimate of drug-likeness (QED) is 0.784. The van der Waals surface area contributed by atoms with E-state index in [1.54, 1.807) is 34.8 Å². The predicted molar refractivity (Wildman–Crippen MR) is 94.0 cm³/mol. The normalized spacial score (nSPS) is 11.7. The summed E-state index contributed by atoms with van der Waals surface area (Å²) in [6, 6.07) is 10.2. The number of benzene rings is 1. The van der Waals surface area contributed by atoms with Gasteiger partial charge in [0.05, 0.1) is 10.6 Å². The zero-order chi connectivity index (χ0) is 17.5. The Balaban J connectivity index is 2.06. The highest BCUT2D eigenvalue weighted by Crippen LogP contribution is 2.22. The van der Waals surface area contributed by atoms with Crippen LogP contribution in [-0.4, -0.2) is 37.1 Å². The Hall–Kier alpha value is -2.61. The maximum absolute atomic E-state index is 12.6. The molecule has 126 valence electrons. The number of sulfonamides is 1. The van der Waals surface area contributed by atoms with Crippen molar-refractivity contribution in [3.8, 4) is 0 Å². The van der Waals surface area contributed by atoms with Crippen molar-refractivity contribution >= 4 is 27.3 Å². The summed E-state index contributed by atoms with van der Waals surface area (Å²) in [4.78, 5) is 6.42. The molecule has 2 heterocycles. The van der Waals surface area contributed by atoms with Gasteiger partial charge >= 0.3 is 0 Å². The van der Waals surface area contributed by atoms with E-state index >= 15 is 0 Å². The van der Waals surface area contributed by atoms with Crippen molar-refractivity contribution in [1.82, 2.24) is 14.6 Å². The van der Waals surface area contributed by atoms with E-state index in [2.05, 4.69) is 14.8 Å². The molecule has 0 amide bonds. The van der Waals surface area contributed by atoms with Crippen LogP contribution in [-0.2, 0) is 10.0 Å². The van der Waals surface area contributed by atoms with Gasteiger partial charge in [-0.25, -0.2) is 13.4 Å². The number of hydrogen-bond donors (Lipinski definition) is 1. The van der Waals surface area contributed by atoms with Crippen molar-refractivity contribution < 1.29 is 8.42 Å².